The van der Waals surface area contributed by atoms with Crippen molar-refractivity contribution in [1.82, 2.24) is 0 Å². The van der Waals surface area contributed by atoms with Gasteiger partial charge in [-0.2, -0.15) is 0 Å². The number of rotatable bonds is 4. The van der Waals surface area contributed by atoms with E-state index in [0.29, 0.717) is 19.6 Å². The van der Waals surface area contributed by atoms with Gasteiger partial charge in [-0.1, -0.05) is 46.3 Å². The SMILES string of the molecule is O=S1(=O)CC(Br)CC1COCc1ccccc1. The lowest BCUT2D eigenvalue weighted by Crippen LogP contribution is -2.21. The molecule has 1 aromatic rings. The Kier molecular flexibility index (Phi) is 4.22. The second-order valence-electron chi connectivity index (χ2n) is 4.29. The van der Waals surface area contributed by atoms with Gasteiger partial charge < -0.3 is 4.74 Å². The Morgan fingerprint density at radius 1 is 1.29 bits per heavy atom. The number of halogens is 1. The van der Waals surface area contributed by atoms with Crippen LogP contribution >= 0.6 is 15.9 Å². The first kappa shape index (κ1) is 13.1. The highest BCUT2D eigenvalue weighted by atomic mass is 79.9. The second-order valence-corrected chi connectivity index (χ2v) is 7.91. The number of hydrogen-bond acceptors (Lipinski definition) is 3. The first-order valence-electron chi connectivity index (χ1n) is 5.55. The highest BCUT2D eigenvalue weighted by Gasteiger charge is 2.37. The minimum atomic E-state index is -2.96. The molecule has 2 atom stereocenters. The summed E-state index contributed by atoms with van der Waals surface area (Å²) in [6.07, 6.45) is 0.650. The van der Waals surface area contributed by atoms with Crippen molar-refractivity contribution in [1.29, 1.82) is 0 Å². The lowest BCUT2D eigenvalue weighted by atomic mass is 10.2. The fraction of sp³-hybridized carbons (Fsp3) is 0.500. The molecule has 1 aromatic carbocycles. The van der Waals surface area contributed by atoms with Crippen LogP contribution in [0, 0.1) is 0 Å². The fourth-order valence-corrected chi connectivity index (χ4v) is 5.49. The van der Waals surface area contributed by atoms with Crippen molar-refractivity contribution in [2.45, 2.75) is 23.1 Å². The van der Waals surface area contributed by atoms with E-state index in [1.54, 1.807) is 0 Å². The quantitative estimate of drug-likeness (QED) is 0.799. The standard InChI is InChI=1S/C12H15BrO3S/c13-11-6-12(17(14,15)9-11)8-16-7-10-4-2-1-3-5-10/h1-5,11-12H,6-9H2. The first-order valence-corrected chi connectivity index (χ1v) is 8.18. The van der Waals surface area contributed by atoms with E-state index in [0.717, 1.165) is 5.56 Å². The Balaban J connectivity index is 1.83. The highest BCUT2D eigenvalue weighted by molar-refractivity contribution is 9.09. The molecule has 0 N–H and O–H groups in total. The van der Waals surface area contributed by atoms with Gasteiger partial charge >= 0.3 is 0 Å². The van der Waals surface area contributed by atoms with Crippen LogP contribution in [0.3, 0.4) is 0 Å². The monoisotopic (exact) mass is 318 g/mol. The third-order valence-corrected chi connectivity index (χ3v) is 6.19. The molecule has 1 aliphatic heterocycles. The zero-order valence-corrected chi connectivity index (χ0v) is 11.8. The van der Waals surface area contributed by atoms with Gasteiger partial charge in [-0.3, -0.25) is 0 Å². The second kappa shape index (κ2) is 5.50. The molecule has 0 saturated carbocycles. The van der Waals surface area contributed by atoms with Gasteiger partial charge in [0, 0.05) is 4.83 Å². The van der Waals surface area contributed by atoms with Gasteiger partial charge in [-0.15, -0.1) is 0 Å². The molecule has 0 aliphatic carbocycles. The van der Waals surface area contributed by atoms with Crippen molar-refractivity contribution < 1.29 is 13.2 Å². The van der Waals surface area contributed by atoms with Crippen LogP contribution in [0.2, 0.25) is 0 Å². The Morgan fingerprint density at radius 2 is 2.00 bits per heavy atom. The van der Waals surface area contributed by atoms with Gasteiger partial charge in [-0.05, 0) is 12.0 Å². The molecule has 1 heterocycles. The third-order valence-electron chi connectivity index (χ3n) is 2.85. The predicted molar refractivity (Wildman–Crippen MR) is 71.0 cm³/mol. The molecule has 17 heavy (non-hydrogen) atoms. The molecule has 0 bridgehead atoms. The minimum absolute atomic E-state index is 0.0813. The van der Waals surface area contributed by atoms with Gasteiger partial charge in [0.1, 0.15) is 0 Å². The molecule has 1 saturated heterocycles. The van der Waals surface area contributed by atoms with Crippen molar-refractivity contribution in [3.05, 3.63) is 35.9 Å². The third kappa shape index (κ3) is 3.53. The van der Waals surface area contributed by atoms with Gasteiger partial charge in [0.2, 0.25) is 0 Å². The smallest absolute Gasteiger partial charge is 0.156 e. The number of hydrogen-bond donors (Lipinski definition) is 0. The zero-order valence-electron chi connectivity index (χ0n) is 9.38. The topological polar surface area (TPSA) is 43.4 Å². The van der Waals surface area contributed by atoms with Gasteiger partial charge in [0.15, 0.2) is 9.84 Å². The van der Waals surface area contributed by atoms with Crippen molar-refractivity contribution >= 4 is 25.8 Å². The summed E-state index contributed by atoms with van der Waals surface area (Å²) in [5.74, 6) is 0.229. The van der Waals surface area contributed by atoms with E-state index in [1.807, 2.05) is 30.3 Å². The summed E-state index contributed by atoms with van der Waals surface area (Å²) in [4.78, 5) is 0.0813. The Labute approximate surface area is 110 Å². The maximum absolute atomic E-state index is 11.7. The number of ether oxygens (including phenoxy) is 1. The fourth-order valence-electron chi connectivity index (χ4n) is 1.94. The molecule has 0 spiro atoms. The summed E-state index contributed by atoms with van der Waals surface area (Å²) in [5.41, 5.74) is 1.07. The summed E-state index contributed by atoms with van der Waals surface area (Å²) >= 11 is 3.36. The minimum Gasteiger partial charge on any atom is -0.375 e. The van der Waals surface area contributed by atoms with Crippen LogP contribution in [0.4, 0.5) is 0 Å². The molecule has 94 valence electrons. The molecule has 1 aliphatic rings. The molecule has 1 fully saturated rings. The van der Waals surface area contributed by atoms with Gasteiger partial charge in [-0.25, -0.2) is 8.42 Å². The van der Waals surface area contributed by atoms with E-state index in [-0.39, 0.29) is 15.8 Å². The summed E-state index contributed by atoms with van der Waals surface area (Å²) < 4.78 is 28.9. The van der Waals surface area contributed by atoms with E-state index in [2.05, 4.69) is 15.9 Å². The van der Waals surface area contributed by atoms with Crippen molar-refractivity contribution in [2.24, 2.45) is 0 Å². The van der Waals surface area contributed by atoms with Crippen LogP contribution in [0.5, 0.6) is 0 Å². The van der Waals surface area contributed by atoms with E-state index in [1.165, 1.54) is 0 Å². The first-order chi connectivity index (χ1) is 8.08. The molecule has 5 heteroatoms. The van der Waals surface area contributed by atoms with Crippen LogP contribution in [-0.4, -0.2) is 30.9 Å². The molecule has 0 amide bonds. The summed E-state index contributed by atoms with van der Waals surface area (Å²) in [7, 11) is -2.96. The largest absolute Gasteiger partial charge is 0.375 e. The summed E-state index contributed by atoms with van der Waals surface area (Å²) in [6, 6.07) is 9.77. The molecule has 3 nitrogen and oxygen atoms in total. The van der Waals surface area contributed by atoms with E-state index < -0.39 is 9.84 Å². The Hall–Kier alpha value is -0.390. The van der Waals surface area contributed by atoms with Crippen LogP contribution in [0.25, 0.3) is 0 Å². The molecular formula is C12H15BrO3S. The van der Waals surface area contributed by atoms with Crippen molar-refractivity contribution in [2.75, 3.05) is 12.4 Å². The number of benzene rings is 1. The summed E-state index contributed by atoms with van der Waals surface area (Å²) in [5, 5.41) is -0.351. The van der Waals surface area contributed by atoms with E-state index in [4.69, 9.17) is 4.74 Å². The average molecular weight is 319 g/mol. The zero-order chi connectivity index (χ0) is 12.3. The lowest BCUT2D eigenvalue weighted by Gasteiger charge is -2.10. The highest BCUT2D eigenvalue weighted by Crippen LogP contribution is 2.26. The van der Waals surface area contributed by atoms with Crippen LogP contribution in [0.1, 0.15) is 12.0 Å². The Bertz CT molecular complexity index is 458. The normalized spacial score (nSPS) is 27.1. The van der Waals surface area contributed by atoms with Crippen LogP contribution in [-0.2, 0) is 21.2 Å². The Morgan fingerprint density at radius 3 is 2.59 bits per heavy atom. The average Bonchev–Trinajstić information content (AvgIpc) is 2.53. The van der Waals surface area contributed by atoms with Crippen LogP contribution < -0.4 is 0 Å². The predicted octanol–water partition coefficient (Wildman–Crippen LogP) is 2.15. The maximum Gasteiger partial charge on any atom is 0.156 e. The lowest BCUT2D eigenvalue weighted by molar-refractivity contribution is 0.120. The van der Waals surface area contributed by atoms with E-state index >= 15 is 0 Å². The van der Waals surface area contributed by atoms with Gasteiger partial charge in [0.25, 0.3) is 0 Å². The number of alkyl halides is 1. The van der Waals surface area contributed by atoms with Crippen molar-refractivity contribution in [3.63, 3.8) is 0 Å². The number of sulfone groups is 1. The molecular weight excluding hydrogens is 304 g/mol. The van der Waals surface area contributed by atoms with Gasteiger partial charge in [0.05, 0.1) is 24.2 Å². The van der Waals surface area contributed by atoms with E-state index in [9.17, 15) is 8.42 Å². The van der Waals surface area contributed by atoms with Crippen molar-refractivity contribution in [3.8, 4) is 0 Å². The summed E-state index contributed by atoms with van der Waals surface area (Å²) in [6.45, 7) is 0.763. The molecule has 0 radical (unpaired) electrons. The molecule has 0 aromatic heterocycles. The maximum atomic E-state index is 11.7. The van der Waals surface area contributed by atoms with Crippen LogP contribution in [0.15, 0.2) is 30.3 Å². The molecule has 2 unspecified atom stereocenters. The molecule has 2 rings (SSSR count).